The van der Waals surface area contributed by atoms with Crippen LogP contribution in [-0.4, -0.2) is 27.0 Å². The number of rotatable bonds is 5. The maximum atomic E-state index is 4.44. The summed E-state index contributed by atoms with van der Waals surface area (Å²) in [6.07, 6.45) is 9.23. The van der Waals surface area contributed by atoms with E-state index in [4.69, 9.17) is 0 Å². The highest BCUT2D eigenvalue weighted by atomic mass is 15.2. The van der Waals surface area contributed by atoms with E-state index in [1.807, 2.05) is 17.9 Å². The lowest BCUT2D eigenvalue weighted by atomic mass is 10.1. The maximum absolute atomic E-state index is 4.44. The molecule has 0 N–H and O–H groups in total. The van der Waals surface area contributed by atoms with Crippen LogP contribution in [0.4, 0.5) is 0 Å². The van der Waals surface area contributed by atoms with Crippen LogP contribution in [0.1, 0.15) is 45.2 Å². The van der Waals surface area contributed by atoms with Crippen LogP contribution in [0.25, 0.3) is 5.70 Å². The van der Waals surface area contributed by atoms with Crippen LogP contribution < -0.4 is 0 Å². The third kappa shape index (κ3) is 2.95. The molecule has 0 unspecified atom stereocenters. The molecule has 3 heteroatoms. The largest absolute Gasteiger partial charge is 0.367 e. The Morgan fingerprint density at radius 2 is 2.17 bits per heavy atom. The van der Waals surface area contributed by atoms with Crippen molar-refractivity contribution in [2.75, 3.05) is 6.54 Å². The molecule has 1 aliphatic carbocycles. The number of aromatic nitrogens is 2. The van der Waals surface area contributed by atoms with E-state index in [1.165, 1.54) is 25.7 Å². The van der Waals surface area contributed by atoms with Crippen LogP contribution in [0.5, 0.6) is 0 Å². The first-order valence-electron chi connectivity index (χ1n) is 7.02. The second-order valence-corrected chi connectivity index (χ2v) is 5.86. The summed E-state index contributed by atoms with van der Waals surface area (Å²) in [7, 11) is 2.01. The average molecular weight is 247 g/mol. The van der Waals surface area contributed by atoms with Gasteiger partial charge in [0.05, 0.1) is 12.0 Å². The van der Waals surface area contributed by atoms with Gasteiger partial charge in [-0.05, 0) is 18.8 Å². The molecule has 0 atom stereocenters. The van der Waals surface area contributed by atoms with Crippen LogP contribution in [0.15, 0.2) is 19.1 Å². The molecule has 1 saturated carbocycles. The van der Waals surface area contributed by atoms with Crippen molar-refractivity contribution in [2.45, 2.75) is 45.6 Å². The zero-order valence-corrected chi connectivity index (χ0v) is 11.9. The van der Waals surface area contributed by atoms with Gasteiger partial charge in [0, 0.05) is 25.8 Å². The van der Waals surface area contributed by atoms with Gasteiger partial charge in [0.15, 0.2) is 0 Å². The minimum atomic E-state index is 0.658. The highest BCUT2D eigenvalue weighted by Gasteiger charge is 2.25. The SMILES string of the molecule is C=C(c1cn(C)cn1)N(CC(C)C)C1CCCC1. The molecule has 0 aliphatic heterocycles. The van der Waals surface area contributed by atoms with Gasteiger partial charge in [-0.15, -0.1) is 0 Å². The fraction of sp³-hybridized carbons (Fsp3) is 0.667. The van der Waals surface area contributed by atoms with Gasteiger partial charge in [0.25, 0.3) is 0 Å². The van der Waals surface area contributed by atoms with Gasteiger partial charge in [-0.2, -0.15) is 0 Å². The van der Waals surface area contributed by atoms with Gasteiger partial charge >= 0.3 is 0 Å². The molecule has 1 aromatic heterocycles. The third-order valence-electron chi connectivity index (χ3n) is 3.67. The molecule has 1 fully saturated rings. The Hall–Kier alpha value is -1.25. The zero-order valence-electron chi connectivity index (χ0n) is 11.9. The molecule has 1 aliphatic rings. The van der Waals surface area contributed by atoms with E-state index in [2.05, 4.69) is 36.5 Å². The summed E-state index contributed by atoms with van der Waals surface area (Å²) in [5.74, 6) is 0.658. The van der Waals surface area contributed by atoms with E-state index in [-0.39, 0.29) is 0 Å². The van der Waals surface area contributed by atoms with E-state index in [0.29, 0.717) is 12.0 Å². The molecular formula is C15H25N3. The van der Waals surface area contributed by atoms with E-state index in [9.17, 15) is 0 Å². The first-order chi connectivity index (χ1) is 8.58. The van der Waals surface area contributed by atoms with Gasteiger partial charge in [-0.25, -0.2) is 4.98 Å². The van der Waals surface area contributed by atoms with Crippen molar-refractivity contribution in [3.63, 3.8) is 0 Å². The Labute approximate surface area is 111 Å². The summed E-state index contributed by atoms with van der Waals surface area (Å²) in [5, 5.41) is 0. The second-order valence-electron chi connectivity index (χ2n) is 5.86. The fourth-order valence-corrected chi connectivity index (χ4v) is 2.80. The van der Waals surface area contributed by atoms with Crippen LogP contribution in [0, 0.1) is 5.92 Å². The average Bonchev–Trinajstić information content (AvgIpc) is 2.95. The van der Waals surface area contributed by atoms with Gasteiger partial charge in [0.1, 0.15) is 5.69 Å². The molecule has 0 amide bonds. The van der Waals surface area contributed by atoms with Gasteiger partial charge in [-0.3, -0.25) is 0 Å². The molecule has 0 bridgehead atoms. The highest BCUT2D eigenvalue weighted by molar-refractivity contribution is 5.58. The summed E-state index contributed by atoms with van der Waals surface area (Å²) in [6, 6.07) is 0.668. The number of aryl methyl sites for hydroxylation is 1. The van der Waals surface area contributed by atoms with E-state index >= 15 is 0 Å². The second kappa shape index (κ2) is 5.59. The van der Waals surface area contributed by atoms with E-state index in [0.717, 1.165) is 17.9 Å². The van der Waals surface area contributed by atoms with Gasteiger partial charge in [0.2, 0.25) is 0 Å². The van der Waals surface area contributed by atoms with Crippen molar-refractivity contribution in [3.8, 4) is 0 Å². The quantitative estimate of drug-likeness (QED) is 0.796. The molecule has 3 nitrogen and oxygen atoms in total. The molecule has 1 aromatic rings. The summed E-state index contributed by atoms with van der Waals surface area (Å²) in [4.78, 5) is 6.92. The number of hydrogen-bond acceptors (Lipinski definition) is 2. The van der Waals surface area contributed by atoms with Crippen molar-refractivity contribution >= 4 is 5.70 Å². The Balaban J connectivity index is 2.14. The predicted molar refractivity (Wildman–Crippen MR) is 76.0 cm³/mol. The fourth-order valence-electron chi connectivity index (χ4n) is 2.80. The van der Waals surface area contributed by atoms with Crippen molar-refractivity contribution < 1.29 is 0 Å². The van der Waals surface area contributed by atoms with Crippen molar-refractivity contribution in [1.82, 2.24) is 14.5 Å². The molecular weight excluding hydrogens is 222 g/mol. The van der Waals surface area contributed by atoms with E-state index in [1.54, 1.807) is 0 Å². The smallest absolute Gasteiger partial charge is 0.104 e. The van der Waals surface area contributed by atoms with Gasteiger partial charge in [-0.1, -0.05) is 33.3 Å². The molecule has 0 radical (unpaired) electrons. The number of imidazole rings is 1. The minimum absolute atomic E-state index is 0.658. The lowest BCUT2D eigenvalue weighted by molar-refractivity contribution is 0.267. The molecule has 0 spiro atoms. The normalized spacial score (nSPS) is 16.4. The zero-order chi connectivity index (χ0) is 13.1. The minimum Gasteiger partial charge on any atom is -0.367 e. The van der Waals surface area contributed by atoms with Crippen LogP contribution in [0.2, 0.25) is 0 Å². The number of nitrogens with zero attached hydrogens (tertiary/aromatic N) is 3. The molecule has 100 valence electrons. The molecule has 0 saturated heterocycles. The maximum Gasteiger partial charge on any atom is 0.104 e. The third-order valence-corrected chi connectivity index (χ3v) is 3.67. The highest BCUT2D eigenvalue weighted by Crippen LogP contribution is 2.29. The summed E-state index contributed by atoms with van der Waals surface area (Å²) >= 11 is 0. The standard InChI is InChI=1S/C15H25N3/c1-12(2)9-18(14-7-5-6-8-14)13(3)15-10-17(4)11-16-15/h10-12,14H,3,5-9H2,1-2,4H3. The summed E-state index contributed by atoms with van der Waals surface area (Å²) in [6.45, 7) is 9.91. The first kappa shape index (κ1) is 13.2. The van der Waals surface area contributed by atoms with Crippen LogP contribution in [0.3, 0.4) is 0 Å². The Bertz CT molecular complexity index is 400. The lowest BCUT2D eigenvalue weighted by Crippen LogP contribution is -2.34. The molecule has 2 rings (SSSR count). The van der Waals surface area contributed by atoms with Crippen LogP contribution >= 0.6 is 0 Å². The topological polar surface area (TPSA) is 21.1 Å². The van der Waals surface area contributed by atoms with Crippen molar-refractivity contribution in [3.05, 3.63) is 24.8 Å². The lowest BCUT2D eigenvalue weighted by Gasteiger charge is -2.33. The Morgan fingerprint density at radius 3 is 2.67 bits per heavy atom. The monoisotopic (exact) mass is 247 g/mol. The Morgan fingerprint density at radius 1 is 1.50 bits per heavy atom. The van der Waals surface area contributed by atoms with Crippen molar-refractivity contribution in [2.24, 2.45) is 13.0 Å². The molecule has 1 heterocycles. The molecule has 18 heavy (non-hydrogen) atoms. The van der Waals surface area contributed by atoms with Crippen molar-refractivity contribution in [1.29, 1.82) is 0 Å². The van der Waals surface area contributed by atoms with Crippen LogP contribution in [-0.2, 0) is 7.05 Å². The molecule has 0 aromatic carbocycles. The Kier molecular flexibility index (Phi) is 4.10. The number of hydrogen-bond donors (Lipinski definition) is 0. The predicted octanol–water partition coefficient (Wildman–Crippen LogP) is 3.29. The van der Waals surface area contributed by atoms with Gasteiger partial charge < -0.3 is 9.47 Å². The summed E-state index contributed by atoms with van der Waals surface area (Å²) in [5.41, 5.74) is 2.11. The summed E-state index contributed by atoms with van der Waals surface area (Å²) < 4.78 is 1.99. The van der Waals surface area contributed by atoms with E-state index < -0.39 is 0 Å². The first-order valence-corrected chi connectivity index (χ1v) is 7.02.